The van der Waals surface area contributed by atoms with E-state index in [1.165, 1.54) is 0 Å². The second-order valence-corrected chi connectivity index (χ2v) is 6.50. The van der Waals surface area contributed by atoms with Crippen molar-refractivity contribution in [2.75, 3.05) is 19.6 Å². The predicted octanol–water partition coefficient (Wildman–Crippen LogP) is 2.74. The van der Waals surface area contributed by atoms with E-state index in [1.54, 1.807) is 0 Å². The van der Waals surface area contributed by atoms with Gasteiger partial charge in [-0.25, -0.2) is 8.78 Å². The fourth-order valence-corrected chi connectivity index (χ4v) is 2.55. The Hall–Kier alpha value is -0.220. The summed E-state index contributed by atoms with van der Waals surface area (Å²) in [6.07, 6.45) is -1.29. The Morgan fingerprint density at radius 2 is 2.00 bits per heavy atom. The van der Waals surface area contributed by atoms with Crippen molar-refractivity contribution in [1.29, 1.82) is 0 Å². The SMILES string of the molecule is CCC1(C)CN(CC(F)F)C(C(C)(C)C)CN1. The number of alkyl halides is 2. The molecule has 1 fully saturated rings. The van der Waals surface area contributed by atoms with Crippen LogP contribution in [0.15, 0.2) is 0 Å². The third-order valence-electron chi connectivity index (χ3n) is 3.87. The maximum absolute atomic E-state index is 12.7. The lowest BCUT2D eigenvalue weighted by Gasteiger charge is -2.50. The van der Waals surface area contributed by atoms with Gasteiger partial charge in [-0.3, -0.25) is 4.90 Å². The van der Waals surface area contributed by atoms with Crippen LogP contribution in [0.4, 0.5) is 8.78 Å². The number of halogens is 2. The third kappa shape index (κ3) is 3.88. The summed E-state index contributed by atoms with van der Waals surface area (Å²) >= 11 is 0. The summed E-state index contributed by atoms with van der Waals surface area (Å²) in [7, 11) is 0. The average Bonchev–Trinajstić information content (AvgIpc) is 2.14. The van der Waals surface area contributed by atoms with E-state index >= 15 is 0 Å². The van der Waals surface area contributed by atoms with E-state index in [4.69, 9.17) is 0 Å². The van der Waals surface area contributed by atoms with Gasteiger partial charge >= 0.3 is 0 Å². The number of hydrogen-bond donors (Lipinski definition) is 1. The van der Waals surface area contributed by atoms with Crippen molar-refractivity contribution >= 4 is 0 Å². The highest BCUT2D eigenvalue weighted by atomic mass is 19.3. The van der Waals surface area contributed by atoms with Crippen molar-refractivity contribution in [3.05, 3.63) is 0 Å². The molecule has 1 aliphatic rings. The molecule has 1 heterocycles. The van der Waals surface area contributed by atoms with Gasteiger partial charge in [-0.1, -0.05) is 27.7 Å². The number of piperazine rings is 1. The Balaban J connectivity index is 2.80. The molecule has 0 bridgehead atoms. The monoisotopic (exact) mass is 248 g/mol. The molecule has 0 aromatic heterocycles. The minimum absolute atomic E-state index is 0.0248. The van der Waals surface area contributed by atoms with Gasteiger partial charge in [0.1, 0.15) is 0 Å². The summed E-state index contributed by atoms with van der Waals surface area (Å²) in [5, 5.41) is 3.52. The van der Waals surface area contributed by atoms with E-state index in [9.17, 15) is 8.78 Å². The van der Waals surface area contributed by atoms with E-state index in [0.29, 0.717) is 6.54 Å². The molecular weight excluding hydrogens is 222 g/mol. The van der Waals surface area contributed by atoms with Gasteiger partial charge < -0.3 is 5.32 Å². The number of nitrogens with zero attached hydrogens (tertiary/aromatic N) is 1. The lowest BCUT2D eigenvalue weighted by molar-refractivity contribution is -0.0134. The largest absolute Gasteiger partial charge is 0.309 e. The van der Waals surface area contributed by atoms with Crippen LogP contribution in [0.1, 0.15) is 41.0 Å². The van der Waals surface area contributed by atoms with E-state index in [-0.39, 0.29) is 23.5 Å². The first kappa shape index (κ1) is 14.8. The van der Waals surface area contributed by atoms with Crippen LogP contribution in [-0.2, 0) is 0 Å². The van der Waals surface area contributed by atoms with Crippen LogP contribution in [-0.4, -0.2) is 42.5 Å². The van der Waals surface area contributed by atoms with E-state index < -0.39 is 6.43 Å². The number of rotatable bonds is 3. The molecule has 102 valence electrons. The molecule has 2 nitrogen and oxygen atoms in total. The first-order valence-electron chi connectivity index (χ1n) is 6.45. The second-order valence-electron chi connectivity index (χ2n) is 6.50. The van der Waals surface area contributed by atoms with Crippen molar-refractivity contribution in [1.82, 2.24) is 10.2 Å². The van der Waals surface area contributed by atoms with E-state index in [1.807, 2.05) is 4.90 Å². The van der Waals surface area contributed by atoms with Gasteiger partial charge in [-0.05, 0) is 18.8 Å². The highest BCUT2D eigenvalue weighted by Gasteiger charge is 2.40. The lowest BCUT2D eigenvalue weighted by Crippen LogP contribution is -2.66. The minimum Gasteiger partial charge on any atom is -0.309 e. The van der Waals surface area contributed by atoms with Crippen LogP contribution in [0.5, 0.6) is 0 Å². The van der Waals surface area contributed by atoms with Crippen LogP contribution in [0.2, 0.25) is 0 Å². The molecule has 0 aromatic rings. The fourth-order valence-electron chi connectivity index (χ4n) is 2.55. The first-order valence-corrected chi connectivity index (χ1v) is 6.45. The molecule has 1 N–H and O–H groups in total. The Labute approximate surface area is 104 Å². The van der Waals surface area contributed by atoms with Gasteiger partial charge in [-0.15, -0.1) is 0 Å². The van der Waals surface area contributed by atoms with Gasteiger partial charge in [0.2, 0.25) is 0 Å². The van der Waals surface area contributed by atoms with Crippen molar-refractivity contribution in [2.24, 2.45) is 5.41 Å². The quantitative estimate of drug-likeness (QED) is 0.826. The zero-order chi connectivity index (χ0) is 13.3. The zero-order valence-corrected chi connectivity index (χ0v) is 11.7. The van der Waals surface area contributed by atoms with Crippen LogP contribution in [0, 0.1) is 5.41 Å². The topological polar surface area (TPSA) is 15.3 Å². The van der Waals surface area contributed by atoms with Gasteiger partial charge in [0, 0.05) is 24.7 Å². The van der Waals surface area contributed by atoms with Crippen molar-refractivity contribution in [3.8, 4) is 0 Å². The van der Waals surface area contributed by atoms with Crippen LogP contribution >= 0.6 is 0 Å². The molecule has 17 heavy (non-hydrogen) atoms. The number of nitrogens with one attached hydrogen (secondary N) is 1. The Kier molecular flexibility index (Phi) is 4.53. The van der Waals surface area contributed by atoms with Gasteiger partial charge in [0.25, 0.3) is 6.43 Å². The van der Waals surface area contributed by atoms with Gasteiger partial charge in [0.15, 0.2) is 0 Å². The van der Waals surface area contributed by atoms with Gasteiger partial charge in [-0.2, -0.15) is 0 Å². The van der Waals surface area contributed by atoms with Crippen molar-refractivity contribution in [2.45, 2.75) is 59.0 Å². The zero-order valence-electron chi connectivity index (χ0n) is 11.7. The fraction of sp³-hybridized carbons (Fsp3) is 1.00. The summed E-state index contributed by atoms with van der Waals surface area (Å²) in [6.45, 7) is 12.0. The highest BCUT2D eigenvalue weighted by molar-refractivity contribution is 4.98. The maximum atomic E-state index is 12.7. The van der Waals surface area contributed by atoms with E-state index in [2.05, 4.69) is 39.9 Å². The molecule has 1 saturated heterocycles. The predicted molar refractivity (Wildman–Crippen MR) is 67.5 cm³/mol. The summed E-state index contributed by atoms with van der Waals surface area (Å²) in [6, 6.07) is 0.177. The summed E-state index contributed by atoms with van der Waals surface area (Å²) in [5.74, 6) is 0. The molecular formula is C13H26F2N2. The van der Waals surface area contributed by atoms with Crippen LogP contribution < -0.4 is 5.32 Å². The summed E-state index contributed by atoms with van der Waals surface area (Å²) < 4.78 is 25.3. The maximum Gasteiger partial charge on any atom is 0.251 e. The molecule has 2 atom stereocenters. The molecule has 0 spiro atoms. The molecule has 0 saturated carbocycles. The molecule has 1 aliphatic heterocycles. The van der Waals surface area contributed by atoms with Crippen molar-refractivity contribution < 1.29 is 8.78 Å². The first-order chi connectivity index (χ1) is 7.68. The highest BCUT2D eigenvalue weighted by Crippen LogP contribution is 2.30. The molecule has 4 heteroatoms. The van der Waals surface area contributed by atoms with Crippen LogP contribution in [0.3, 0.4) is 0 Å². The molecule has 1 rings (SSSR count). The Bertz CT molecular complexity index is 250. The lowest BCUT2D eigenvalue weighted by atomic mass is 9.81. The standard InChI is InChI=1S/C13H26F2N2/c1-6-13(5)9-17(8-11(14)15)10(7-16-13)12(2,3)4/h10-11,16H,6-9H2,1-5H3. The molecule has 0 aromatic carbocycles. The third-order valence-corrected chi connectivity index (χ3v) is 3.87. The molecule has 0 aliphatic carbocycles. The summed E-state index contributed by atoms with van der Waals surface area (Å²) in [4.78, 5) is 1.96. The molecule has 0 amide bonds. The smallest absolute Gasteiger partial charge is 0.251 e. The Morgan fingerprint density at radius 3 is 2.41 bits per heavy atom. The second kappa shape index (κ2) is 5.19. The average molecular weight is 248 g/mol. The minimum atomic E-state index is -2.25. The molecule has 0 radical (unpaired) electrons. The Morgan fingerprint density at radius 1 is 1.41 bits per heavy atom. The van der Waals surface area contributed by atoms with Crippen LogP contribution in [0.25, 0.3) is 0 Å². The van der Waals surface area contributed by atoms with E-state index in [0.717, 1.165) is 13.0 Å². The normalized spacial score (nSPS) is 32.1. The van der Waals surface area contributed by atoms with Crippen molar-refractivity contribution in [3.63, 3.8) is 0 Å². The van der Waals surface area contributed by atoms with Gasteiger partial charge in [0.05, 0.1) is 6.54 Å². The number of hydrogen-bond acceptors (Lipinski definition) is 2. The molecule has 2 unspecified atom stereocenters. The summed E-state index contributed by atoms with van der Waals surface area (Å²) in [5.41, 5.74) is -0.00635.